The van der Waals surface area contributed by atoms with Crippen LogP contribution < -0.4 is 0 Å². The van der Waals surface area contributed by atoms with E-state index in [0.29, 0.717) is 10.6 Å². The first-order valence-electron chi connectivity index (χ1n) is 10.7. The lowest BCUT2D eigenvalue weighted by molar-refractivity contribution is -0.0375. The molecule has 148 valence electrons. The third-order valence-electron chi connectivity index (χ3n) is 5.09. The lowest BCUT2D eigenvalue weighted by Gasteiger charge is -2.12. The van der Waals surface area contributed by atoms with Gasteiger partial charge in [-0.25, -0.2) is 5.06 Å². The Bertz CT molecular complexity index is 485. The van der Waals surface area contributed by atoms with Crippen LogP contribution in [0, 0.1) is 0 Å². The summed E-state index contributed by atoms with van der Waals surface area (Å²) in [7, 11) is 1.38. The number of carbonyl (C=O) groups excluding carboxylic acids is 1. The number of amides is 1. The molecular weight excluding hydrogens is 322 g/mol. The van der Waals surface area contributed by atoms with Gasteiger partial charge in [0.1, 0.15) is 0 Å². The zero-order chi connectivity index (χ0) is 19.0. The number of carbonyl (C=O) groups is 1. The summed E-state index contributed by atoms with van der Waals surface area (Å²) < 4.78 is 0. The topological polar surface area (TPSA) is 40.5 Å². The van der Waals surface area contributed by atoms with Crippen LogP contribution in [0.15, 0.2) is 24.3 Å². The molecule has 0 heterocycles. The van der Waals surface area contributed by atoms with Gasteiger partial charge in [0.15, 0.2) is 0 Å². The Morgan fingerprint density at radius 2 is 1.27 bits per heavy atom. The van der Waals surface area contributed by atoms with Gasteiger partial charge in [-0.05, 0) is 24.5 Å². The van der Waals surface area contributed by atoms with Crippen molar-refractivity contribution in [3.63, 3.8) is 0 Å². The number of hydrogen-bond donors (Lipinski definition) is 1. The van der Waals surface area contributed by atoms with Crippen molar-refractivity contribution in [2.45, 2.75) is 96.8 Å². The van der Waals surface area contributed by atoms with E-state index in [0.717, 1.165) is 18.4 Å². The van der Waals surface area contributed by atoms with Gasteiger partial charge < -0.3 is 0 Å². The average molecular weight is 362 g/mol. The Kier molecular flexibility index (Phi) is 12.9. The van der Waals surface area contributed by atoms with Crippen LogP contribution in [0.4, 0.5) is 0 Å². The monoisotopic (exact) mass is 361 g/mol. The maximum atomic E-state index is 12.0. The molecule has 3 heteroatoms. The van der Waals surface area contributed by atoms with E-state index in [9.17, 15) is 10.0 Å². The van der Waals surface area contributed by atoms with Crippen molar-refractivity contribution in [2.24, 2.45) is 0 Å². The molecule has 0 aromatic heterocycles. The van der Waals surface area contributed by atoms with Crippen LogP contribution in [0.5, 0.6) is 0 Å². The SMILES string of the molecule is CCCCCCCCCCCCCCCc1ccccc1C(=O)N(C)O. The van der Waals surface area contributed by atoms with Gasteiger partial charge in [0, 0.05) is 12.6 Å². The van der Waals surface area contributed by atoms with Crippen molar-refractivity contribution in [3.05, 3.63) is 35.4 Å². The van der Waals surface area contributed by atoms with Crippen LogP contribution in [-0.2, 0) is 6.42 Å². The van der Waals surface area contributed by atoms with Crippen molar-refractivity contribution >= 4 is 5.91 Å². The van der Waals surface area contributed by atoms with Crippen molar-refractivity contribution < 1.29 is 10.0 Å². The minimum atomic E-state index is -0.324. The maximum Gasteiger partial charge on any atom is 0.277 e. The van der Waals surface area contributed by atoms with E-state index in [-0.39, 0.29) is 5.91 Å². The maximum absolute atomic E-state index is 12.0. The molecule has 0 saturated heterocycles. The molecule has 0 unspecified atom stereocenters. The van der Waals surface area contributed by atoms with Gasteiger partial charge >= 0.3 is 0 Å². The van der Waals surface area contributed by atoms with Crippen LogP contribution in [-0.4, -0.2) is 23.2 Å². The number of benzene rings is 1. The first-order chi connectivity index (χ1) is 12.7. The van der Waals surface area contributed by atoms with Crippen LogP contribution >= 0.6 is 0 Å². The third kappa shape index (κ3) is 9.96. The van der Waals surface area contributed by atoms with Gasteiger partial charge in [-0.2, -0.15) is 0 Å². The van der Waals surface area contributed by atoms with Gasteiger partial charge in [0.25, 0.3) is 5.91 Å². The molecule has 26 heavy (non-hydrogen) atoms. The van der Waals surface area contributed by atoms with E-state index in [1.165, 1.54) is 84.1 Å². The highest BCUT2D eigenvalue weighted by Crippen LogP contribution is 2.16. The van der Waals surface area contributed by atoms with E-state index in [4.69, 9.17) is 0 Å². The molecule has 0 saturated carbocycles. The summed E-state index contributed by atoms with van der Waals surface area (Å²) in [6.45, 7) is 2.27. The van der Waals surface area contributed by atoms with Crippen LogP contribution in [0.2, 0.25) is 0 Å². The lowest BCUT2D eigenvalue weighted by Crippen LogP contribution is -2.23. The van der Waals surface area contributed by atoms with E-state index >= 15 is 0 Å². The van der Waals surface area contributed by atoms with Crippen molar-refractivity contribution in [2.75, 3.05) is 7.05 Å². The summed E-state index contributed by atoms with van der Waals surface area (Å²) in [6, 6.07) is 7.61. The standard InChI is InChI=1S/C23H39NO2/c1-3-4-5-6-7-8-9-10-11-12-13-14-15-18-21-19-16-17-20-22(21)23(25)24(2)26/h16-17,19-20,26H,3-15,18H2,1-2H3. The predicted molar refractivity (Wildman–Crippen MR) is 110 cm³/mol. The molecule has 0 aliphatic rings. The van der Waals surface area contributed by atoms with Gasteiger partial charge in [-0.3, -0.25) is 10.0 Å². The quantitative estimate of drug-likeness (QED) is 0.212. The second-order valence-electron chi connectivity index (χ2n) is 7.48. The minimum absolute atomic E-state index is 0.324. The summed E-state index contributed by atoms with van der Waals surface area (Å²) in [6.07, 6.45) is 18.4. The average Bonchev–Trinajstić information content (AvgIpc) is 2.65. The number of nitrogens with zero attached hydrogens (tertiary/aromatic N) is 1. The second-order valence-corrected chi connectivity index (χ2v) is 7.48. The Balaban J connectivity index is 2.04. The first kappa shape index (κ1) is 22.7. The molecule has 0 atom stereocenters. The van der Waals surface area contributed by atoms with E-state index in [1.807, 2.05) is 18.2 Å². The van der Waals surface area contributed by atoms with Crippen molar-refractivity contribution in [3.8, 4) is 0 Å². The zero-order valence-corrected chi connectivity index (χ0v) is 17.0. The fraction of sp³-hybridized carbons (Fsp3) is 0.696. The summed E-state index contributed by atoms with van der Waals surface area (Å²) in [4.78, 5) is 12.0. The fourth-order valence-electron chi connectivity index (χ4n) is 3.45. The summed E-state index contributed by atoms with van der Waals surface area (Å²) >= 11 is 0. The molecule has 3 nitrogen and oxygen atoms in total. The summed E-state index contributed by atoms with van der Waals surface area (Å²) in [5.41, 5.74) is 1.66. The van der Waals surface area contributed by atoms with E-state index in [2.05, 4.69) is 6.92 Å². The Labute approximate surface area is 160 Å². The number of unbranched alkanes of at least 4 members (excludes halogenated alkanes) is 12. The molecule has 0 radical (unpaired) electrons. The molecule has 1 amide bonds. The largest absolute Gasteiger partial charge is 0.286 e. The fourth-order valence-corrected chi connectivity index (χ4v) is 3.45. The van der Waals surface area contributed by atoms with Gasteiger partial charge in [-0.1, -0.05) is 102 Å². The molecular formula is C23H39NO2. The highest BCUT2D eigenvalue weighted by atomic mass is 16.5. The van der Waals surface area contributed by atoms with E-state index < -0.39 is 0 Å². The molecule has 0 aliphatic heterocycles. The molecule has 0 spiro atoms. The molecule has 1 rings (SSSR count). The zero-order valence-electron chi connectivity index (χ0n) is 17.0. The van der Waals surface area contributed by atoms with Crippen LogP contribution in [0.25, 0.3) is 0 Å². The highest BCUT2D eigenvalue weighted by molar-refractivity contribution is 5.94. The van der Waals surface area contributed by atoms with E-state index in [1.54, 1.807) is 6.07 Å². The Morgan fingerprint density at radius 3 is 1.77 bits per heavy atom. The first-order valence-corrected chi connectivity index (χ1v) is 10.7. The lowest BCUT2D eigenvalue weighted by atomic mass is 9.99. The summed E-state index contributed by atoms with van der Waals surface area (Å²) in [5.74, 6) is -0.324. The number of hydroxylamine groups is 2. The molecule has 1 aromatic carbocycles. The van der Waals surface area contributed by atoms with Gasteiger partial charge in [0.05, 0.1) is 0 Å². The Morgan fingerprint density at radius 1 is 0.808 bits per heavy atom. The normalized spacial score (nSPS) is 10.9. The smallest absolute Gasteiger partial charge is 0.277 e. The molecule has 0 aliphatic carbocycles. The summed E-state index contributed by atoms with van der Waals surface area (Å²) in [5, 5.41) is 10.0. The molecule has 1 N–H and O–H groups in total. The second kappa shape index (κ2) is 14.8. The van der Waals surface area contributed by atoms with Gasteiger partial charge in [0.2, 0.25) is 0 Å². The third-order valence-corrected chi connectivity index (χ3v) is 5.09. The number of hydrogen-bond acceptors (Lipinski definition) is 2. The molecule has 0 fully saturated rings. The Hall–Kier alpha value is -1.35. The number of rotatable bonds is 15. The molecule has 0 bridgehead atoms. The van der Waals surface area contributed by atoms with Crippen molar-refractivity contribution in [1.82, 2.24) is 5.06 Å². The molecule has 1 aromatic rings. The van der Waals surface area contributed by atoms with Crippen molar-refractivity contribution in [1.29, 1.82) is 0 Å². The highest BCUT2D eigenvalue weighted by Gasteiger charge is 2.13. The van der Waals surface area contributed by atoms with Gasteiger partial charge in [-0.15, -0.1) is 0 Å². The minimum Gasteiger partial charge on any atom is -0.286 e. The van der Waals surface area contributed by atoms with Crippen LogP contribution in [0.3, 0.4) is 0 Å². The number of aryl methyl sites for hydroxylation is 1. The predicted octanol–water partition coefficient (Wildman–Crippen LogP) is 6.78. The van der Waals surface area contributed by atoms with Crippen LogP contribution in [0.1, 0.15) is 106 Å².